The third-order valence-electron chi connectivity index (χ3n) is 2.31. The third-order valence-corrected chi connectivity index (χ3v) is 3.44. The van der Waals surface area contributed by atoms with Gasteiger partial charge in [-0.1, -0.05) is 12.1 Å². The van der Waals surface area contributed by atoms with Crippen LogP contribution >= 0.6 is 0 Å². The van der Waals surface area contributed by atoms with Gasteiger partial charge in [0, 0.05) is 6.26 Å². The summed E-state index contributed by atoms with van der Waals surface area (Å²) in [7, 11) is -3.33. The van der Waals surface area contributed by atoms with E-state index >= 15 is 0 Å². The van der Waals surface area contributed by atoms with E-state index < -0.39 is 28.7 Å². The van der Waals surface area contributed by atoms with Crippen LogP contribution in [0.2, 0.25) is 0 Å². The minimum absolute atomic E-state index is 0.0923. The molecule has 0 aliphatic carbocycles. The Balaban J connectivity index is 2.50. The summed E-state index contributed by atoms with van der Waals surface area (Å²) in [6.07, 6.45) is -4.52. The van der Waals surface area contributed by atoms with E-state index in [1.807, 2.05) is 5.48 Å². The van der Waals surface area contributed by atoms with Gasteiger partial charge < -0.3 is 5.11 Å². The topological polar surface area (TPSA) is 75.6 Å². The van der Waals surface area contributed by atoms with Gasteiger partial charge >= 0.3 is 6.18 Å². The third kappa shape index (κ3) is 5.87. The van der Waals surface area contributed by atoms with Crippen molar-refractivity contribution in [1.29, 1.82) is 0 Å². The molecule has 1 rings (SSSR count). The fraction of sp³-hybridized carbons (Fsp3) is 0.455. The predicted molar refractivity (Wildman–Crippen MR) is 64.5 cm³/mol. The van der Waals surface area contributed by atoms with Crippen LogP contribution in [-0.4, -0.2) is 39.1 Å². The summed E-state index contributed by atoms with van der Waals surface area (Å²) >= 11 is 0. The molecule has 0 saturated heterocycles. The second kappa shape index (κ2) is 6.53. The van der Waals surface area contributed by atoms with Crippen molar-refractivity contribution >= 4 is 9.84 Å². The maximum Gasteiger partial charge on any atom is 0.413 e. The van der Waals surface area contributed by atoms with Gasteiger partial charge in [-0.05, 0) is 17.7 Å². The van der Waals surface area contributed by atoms with Crippen molar-refractivity contribution in [2.24, 2.45) is 0 Å². The van der Waals surface area contributed by atoms with Gasteiger partial charge in [0.15, 0.2) is 16.4 Å². The van der Waals surface area contributed by atoms with Crippen molar-refractivity contribution in [3.63, 3.8) is 0 Å². The maximum atomic E-state index is 11.8. The molecule has 20 heavy (non-hydrogen) atoms. The zero-order chi connectivity index (χ0) is 15.4. The van der Waals surface area contributed by atoms with E-state index in [2.05, 4.69) is 4.84 Å². The van der Waals surface area contributed by atoms with Crippen LogP contribution in [0.4, 0.5) is 13.2 Å². The average Bonchev–Trinajstić information content (AvgIpc) is 2.32. The fourth-order valence-corrected chi connectivity index (χ4v) is 1.96. The fourth-order valence-electron chi connectivity index (χ4n) is 1.33. The number of nitrogens with one attached hydrogen (secondary N) is 1. The smallest absolute Gasteiger partial charge is 0.387 e. The molecule has 0 spiro atoms. The molecule has 0 radical (unpaired) electrons. The monoisotopic (exact) mass is 313 g/mol. The zero-order valence-corrected chi connectivity index (χ0v) is 11.3. The largest absolute Gasteiger partial charge is 0.413 e. The van der Waals surface area contributed by atoms with Crippen LogP contribution < -0.4 is 5.48 Å². The van der Waals surface area contributed by atoms with Gasteiger partial charge in [0.25, 0.3) is 0 Å². The number of rotatable bonds is 6. The van der Waals surface area contributed by atoms with E-state index in [1.54, 1.807) is 0 Å². The number of hydrogen-bond acceptors (Lipinski definition) is 5. The average molecular weight is 313 g/mol. The summed E-state index contributed by atoms with van der Waals surface area (Å²) in [5, 5.41) is 9.67. The second-order valence-corrected chi connectivity index (χ2v) is 6.13. The van der Waals surface area contributed by atoms with Crippen LogP contribution in [0.25, 0.3) is 0 Å². The molecule has 9 heteroatoms. The zero-order valence-electron chi connectivity index (χ0n) is 10.5. The number of hydroxylamine groups is 1. The van der Waals surface area contributed by atoms with E-state index in [1.165, 1.54) is 24.3 Å². The minimum Gasteiger partial charge on any atom is -0.387 e. The molecule has 114 valence electrons. The van der Waals surface area contributed by atoms with Gasteiger partial charge in [-0.15, -0.1) is 0 Å². The lowest BCUT2D eigenvalue weighted by molar-refractivity contribution is -0.191. The molecule has 5 nitrogen and oxygen atoms in total. The van der Waals surface area contributed by atoms with E-state index in [4.69, 9.17) is 0 Å². The molecule has 0 aliphatic heterocycles. The number of halogens is 3. The first kappa shape index (κ1) is 16.9. The minimum atomic E-state index is -4.45. The first-order chi connectivity index (χ1) is 9.09. The summed E-state index contributed by atoms with van der Waals surface area (Å²) in [4.78, 5) is 4.23. The molecule has 0 amide bonds. The molecule has 0 heterocycles. The Hall–Kier alpha value is -1.16. The number of benzene rings is 1. The number of sulfone groups is 1. The van der Waals surface area contributed by atoms with Crippen LogP contribution in [0.1, 0.15) is 11.7 Å². The summed E-state index contributed by atoms with van der Waals surface area (Å²) < 4.78 is 57.8. The normalized spacial score (nSPS) is 14.2. The number of hydrogen-bond donors (Lipinski definition) is 2. The van der Waals surface area contributed by atoms with Crippen molar-refractivity contribution < 1.29 is 31.5 Å². The van der Waals surface area contributed by atoms with Crippen LogP contribution in [0.3, 0.4) is 0 Å². The first-order valence-electron chi connectivity index (χ1n) is 5.49. The van der Waals surface area contributed by atoms with Crippen molar-refractivity contribution in [3.8, 4) is 0 Å². The molecule has 0 aromatic heterocycles. The molecule has 1 atom stereocenters. The van der Waals surface area contributed by atoms with Crippen molar-refractivity contribution in [2.45, 2.75) is 17.2 Å². The number of aliphatic hydroxyl groups is 1. The molecule has 1 aromatic carbocycles. The van der Waals surface area contributed by atoms with Crippen molar-refractivity contribution in [1.82, 2.24) is 5.48 Å². The highest BCUT2D eigenvalue weighted by Crippen LogP contribution is 2.17. The van der Waals surface area contributed by atoms with E-state index in [-0.39, 0.29) is 11.4 Å². The Morgan fingerprint density at radius 2 is 1.85 bits per heavy atom. The molecular weight excluding hydrogens is 299 g/mol. The maximum absolute atomic E-state index is 11.8. The first-order valence-corrected chi connectivity index (χ1v) is 7.38. The summed E-state index contributed by atoms with van der Waals surface area (Å²) in [5.74, 6) is 0. The summed E-state index contributed by atoms with van der Waals surface area (Å²) in [6.45, 7) is -1.72. The van der Waals surface area contributed by atoms with Gasteiger partial charge in [-0.2, -0.15) is 18.7 Å². The standard InChI is InChI=1S/C11H14F3NO4S/c1-20(17,18)9-4-2-8(3-5-9)10(16)6-15-19-7-11(12,13)14/h2-5,10,15-16H,6-7H2,1H3. The Bertz CT molecular complexity index is 528. The molecule has 0 fully saturated rings. The quantitative estimate of drug-likeness (QED) is 0.610. The van der Waals surface area contributed by atoms with E-state index in [0.717, 1.165) is 6.26 Å². The molecule has 2 N–H and O–H groups in total. The Morgan fingerprint density at radius 1 is 1.30 bits per heavy atom. The van der Waals surface area contributed by atoms with Crippen LogP contribution in [0, 0.1) is 0 Å². The lowest BCUT2D eigenvalue weighted by Crippen LogP contribution is -2.28. The van der Waals surface area contributed by atoms with E-state index in [9.17, 15) is 26.7 Å². The molecule has 1 unspecified atom stereocenters. The van der Waals surface area contributed by atoms with Gasteiger partial charge in [0.1, 0.15) is 0 Å². The molecule has 0 bridgehead atoms. The molecule has 0 saturated carbocycles. The Morgan fingerprint density at radius 3 is 2.30 bits per heavy atom. The van der Waals surface area contributed by atoms with Crippen LogP contribution in [-0.2, 0) is 14.7 Å². The summed E-state index contributed by atoms with van der Waals surface area (Å²) in [6, 6.07) is 5.38. The van der Waals surface area contributed by atoms with Gasteiger partial charge in [-0.3, -0.25) is 4.84 Å². The van der Waals surface area contributed by atoms with Crippen molar-refractivity contribution in [3.05, 3.63) is 29.8 Å². The van der Waals surface area contributed by atoms with Crippen LogP contribution in [0.15, 0.2) is 29.2 Å². The van der Waals surface area contributed by atoms with Gasteiger partial charge in [0.2, 0.25) is 0 Å². The molecule has 1 aromatic rings. The van der Waals surface area contributed by atoms with E-state index in [0.29, 0.717) is 5.56 Å². The lowest BCUT2D eigenvalue weighted by Gasteiger charge is -2.13. The highest BCUT2D eigenvalue weighted by Gasteiger charge is 2.27. The molecule has 0 aliphatic rings. The predicted octanol–water partition coefficient (Wildman–Crippen LogP) is 1.21. The second-order valence-electron chi connectivity index (χ2n) is 4.11. The van der Waals surface area contributed by atoms with Crippen LogP contribution in [0.5, 0.6) is 0 Å². The Kier molecular flexibility index (Phi) is 5.51. The molecular formula is C11H14F3NO4S. The highest BCUT2D eigenvalue weighted by molar-refractivity contribution is 7.90. The Labute approximate surface area is 114 Å². The van der Waals surface area contributed by atoms with Crippen molar-refractivity contribution in [2.75, 3.05) is 19.4 Å². The summed E-state index contributed by atoms with van der Waals surface area (Å²) in [5.41, 5.74) is 2.36. The van der Waals surface area contributed by atoms with Gasteiger partial charge in [-0.25, -0.2) is 8.42 Å². The SMILES string of the molecule is CS(=O)(=O)c1ccc(C(O)CNOCC(F)(F)F)cc1. The lowest BCUT2D eigenvalue weighted by atomic mass is 10.1. The highest BCUT2D eigenvalue weighted by atomic mass is 32.2. The van der Waals surface area contributed by atoms with Gasteiger partial charge in [0.05, 0.1) is 17.5 Å². The number of aliphatic hydroxyl groups excluding tert-OH is 1. The number of alkyl halides is 3.